The second-order valence-corrected chi connectivity index (χ2v) is 6.38. The van der Waals surface area contributed by atoms with Crippen molar-refractivity contribution in [3.05, 3.63) is 70.5 Å². The lowest BCUT2D eigenvalue weighted by Gasteiger charge is -2.36. The Labute approximate surface area is 145 Å². The molecule has 1 unspecified atom stereocenters. The maximum Gasteiger partial charge on any atom is 0.171 e. The molecule has 3 nitrogen and oxygen atoms in total. The van der Waals surface area contributed by atoms with Gasteiger partial charge < -0.3 is 15.4 Å². The molecular formula is C19H17FN2OS. The Morgan fingerprint density at radius 2 is 2.00 bits per heavy atom. The average molecular weight is 340 g/mol. The lowest BCUT2D eigenvalue weighted by molar-refractivity contribution is 0.414. The van der Waals surface area contributed by atoms with E-state index >= 15 is 0 Å². The van der Waals surface area contributed by atoms with Gasteiger partial charge in [-0.3, -0.25) is 0 Å². The van der Waals surface area contributed by atoms with Crippen LogP contribution in [0.3, 0.4) is 0 Å². The molecule has 0 bridgehead atoms. The SMILES string of the molecule is COc1ccc2c(c1)C1=C(CC2)C(c2ccccc2F)NC(=S)N1. The molecule has 24 heavy (non-hydrogen) atoms. The third kappa shape index (κ3) is 2.45. The Morgan fingerprint density at radius 1 is 1.17 bits per heavy atom. The number of thiocarbonyl (C=S) groups is 1. The number of halogens is 1. The molecule has 1 aliphatic carbocycles. The molecule has 1 atom stereocenters. The highest BCUT2D eigenvalue weighted by Gasteiger charge is 2.32. The van der Waals surface area contributed by atoms with Gasteiger partial charge in [0.25, 0.3) is 0 Å². The predicted molar refractivity (Wildman–Crippen MR) is 96.2 cm³/mol. The van der Waals surface area contributed by atoms with Crippen molar-refractivity contribution in [3.63, 3.8) is 0 Å². The van der Waals surface area contributed by atoms with Gasteiger partial charge in [-0.15, -0.1) is 0 Å². The van der Waals surface area contributed by atoms with Crippen LogP contribution in [-0.2, 0) is 6.42 Å². The van der Waals surface area contributed by atoms with Gasteiger partial charge in [-0.2, -0.15) is 0 Å². The Kier molecular flexibility index (Phi) is 3.73. The molecule has 1 aliphatic heterocycles. The van der Waals surface area contributed by atoms with Crippen LogP contribution < -0.4 is 15.4 Å². The average Bonchev–Trinajstić information content (AvgIpc) is 2.61. The molecule has 0 saturated heterocycles. The van der Waals surface area contributed by atoms with Crippen LogP contribution in [-0.4, -0.2) is 12.2 Å². The van der Waals surface area contributed by atoms with E-state index in [9.17, 15) is 4.39 Å². The minimum Gasteiger partial charge on any atom is -0.497 e. The van der Waals surface area contributed by atoms with Crippen molar-refractivity contribution in [2.45, 2.75) is 18.9 Å². The van der Waals surface area contributed by atoms with Crippen LogP contribution in [0.5, 0.6) is 5.75 Å². The fourth-order valence-electron chi connectivity index (χ4n) is 3.48. The molecule has 2 aromatic rings. The smallest absolute Gasteiger partial charge is 0.171 e. The summed E-state index contributed by atoms with van der Waals surface area (Å²) in [5.74, 6) is 0.583. The third-order valence-electron chi connectivity index (χ3n) is 4.65. The molecule has 4 rings (SSSR count). The van der Waals surface area contributed by atoms with Crippen molar-refractivity contribution in [1.29, 1.82) is 0 Å². The topological polar surface area (TPSA) is 33.3 Å². The van der Waals surface area contributed by atoms with Crippen LogP contribution in [0, 0.1) is 5.82 Å². The monoisotopic (exact) mass is 340 g/mol. The van der Waals surface area contributed by atoms with E-state index < -0.39 is 0 Å². The lowest BCUT2D eigenvalue weighted by atomic mass is 9.82. The van der Waals surface area contributed by atoms with Crippen molar-refractivity contribution >= 4 is 23.0 Å². The van der Waals surface area contributed by atoms with E-state index in [0.717, 1.165) is 35.4 Å². The van der Waals surface area contributed by atoms with Gasteiger partial charge in [-0.1, -0.05) is 24.3 Å². The summed E-state index contributed by atoms with van der Waals surface area (Å²) in [5.41, 5.74) is 5.07. The Balaban J connectivity index is 1.87. The maximum atomic E-state index is 14.3. The molecule has 5 heteroatoms. The van der Waals surface area contributed by atoms with E-state index in [-0.39, 0.29) is 11.9 Å². The highest BCUT2D eigenvalue weighted by molar-refractivity contribution is 7.80. The van der Waals surface area contributed by atoms with E-state index in [0.29, 0.717) is 10.7 Å². The van der Waals surface area contributed by atoms with Crippen molar-refractivity contribution in [3.8, 4) is 5.75 Å². The molecule has 0 aromatic heterocycles. The second kappa shape index (κ2) is 5.91. The van der Waals surface area contributed by atoms with Gasteiger partial charge in [-0.25, -0.2) is 4.39 Å². The lowest BCUT2D eigenvalue weighted by Crippen LogP contribution is -2.44. The van der Waals surface area contributed by atoms with Gasteiger partial charge in [-0.05, 0) is 54.4 Å². The van der Waals surface area contributed by atoms with E-state index in [1.165, 1.54) is 11.6 Å². The molecule has 0 saturated carbocycles. The largest absolute Gasteiger partial charge is 0.497 e. The summed E-state index contributed by atoms with van der Waals surface area (Å²) in [6, 6.07) is 12.7. The van der Waals surface area contributed by atoms with Gasteiger partial charge in [0, 0.05) is 16.8 Å². The fraction of sp³-hybridized carbons (Fsp3) is 0.211. The summed E-state index contributed by atoms with van der Waals surface area (Å²) in [5, 5.41) is 7.00. The molecule has 2 aliphatic rings. The first kappa shape index (κ1) is 15.1. The molecule has 0 amide bonds. The van der Waals surface area contributed by atoms with Gasteiger partial charge in [0.05, 0.1) is 13.2 Å². The summed E-state index contributed by atoms with van der Waals surface area (Å²) in [6.07, 6.45) is 1.77. The fourth-order valence-corrected chi connectivity index (χ4v) is 3.70. The van der Waals surface area contributed by atoms with Crippen LogP contribution in [0.4, 0.5) is 4.39 Å². The molecule has 0 spiro atoms. The summed E-state index contributed by atoms with van der Waals surface area (Å²) < 4.78 is 19.7. The van der Waals surface area contributed by atoms with Gasteiger partial charge >= 0.3 is 0 Å². The van der Waals surface area contributed by atoms with Crippen molar-refractivity contribution in [2.75, 3.05) is 7.11 Å². The van der Waals surface area contributed by atoms with Crippen LogP contribution >= 0.6 is 12.2 Å². The number of methoxy groups -OCH3 is 1. The molecule has 1 heterocycles. The standard InChI is InChI=1S/C19H17FN2OS/c1-23-12-8-6-11-7-9-14-17(13-4-2-3-5-16(13)20)21-19(24)22-18(14)15(11)10-12/h2-6,8,10,17H,7,9H2,1H3,(H2,21,22,24). The van der Waals surface area contributed by atoms with Crippen LogP contribution in [0.1, 0.15) is 29.2 Å². The zero-order valence-corrected chi connectivity index (χ0v) is 14.0. The number of ether oxygens (including phenoxy) is 1. The number of aryl methyl sites for hydroxylation is 1. The molecular weight excluding hydrogens is 323 g/mol. The molecule has 2 N–H and O–H groups in total. The van der Waals surface area contributed by atoms with E-state index in [4.69, 9.17) is 17.0 Å². The predicted octanol–water partition coefficient (Wildman–Crippen LogP) is 3.71. The number of hydrogen-bond donors (Lipinski definition) is 2. The van der Waals surface area contributed by atoms with Crippen molar-refractivity contribution in [2.24, 2.45) is 0 Å². The minimum atomic E-state index is -0.241. The summed E-state index contributed by atoms with van der Waals surface area (Å²) in [7, 11) is 1.66. The number of nitrogens with one attached hydrogen (secondary N) is 2. The third-order valence-corrected chi connectivity index (χ3v) is 4.87. The number of fused-ring (bicyclic) bond motifs is 2. The highest BCUT2D eigenvalue weighted by Crippen LogP contribution is 2.40. The van der Waals surface area contributed by atoms with Gasteiger partial charge in [0.2, 0.25) is 0 Å². The summed E-state index contributed by atoms with van der Waals surface area (Å²) in [4.78, 5) is 0. The Hall–Kier alpha value is -2.40. The molecule has 0 radical (unpaired) electrons. The van der Waals surface area contributed by atoms with Crippen molar-refractivity contribution in [1.82, 2.24) is 10.6 Å². The quantitative estimate of drug-likeness (QED) is 0.817. The van der Waals surface area contributed by atoms with E-state index in [1.54, 1.807) is 13.2 Å². The van der Waals surface area contributed by atoms with Crippen LogP contribution in [0.2, 0.25) is 0 Å². The normalized spacial score (nSPS) is 19.1. The zero-order valence-electron chi connectivity index (χ0n) is 13.2. The summed E-state index contributed by atoms with van der Waals surface area (Å²) >= 11 is 5.37. The molecule has 2 aromatic carbocycles. The van der Waals surface area contributed by atoms with Crippen LogP contribution in [0.25, 0.3) is 5.70 Å². The molecule has 122 valence electrons. The van der Waals surface area contributed by atoms with Gasteiger partial charge in [0.1, 0.15) is 11.6 Å². The first-order chi connectivity index (χ1) is 11.7. The Morgan fingerprint density at radius 3 is 2.79 bits per heavy atom. The van der Waals surface area contributed by atoms with Crippen LogP contribution in [0.15, 0.2) is 48.0 Å². The molecule has 0 fully saturated rings. The number of benzene rings is 2. The van der Waals surface area contributed by atoms with Crippen molar-refractivity contribution < 1.29 is 9.13 Å². The Bertz CT molecular complexity index is 862. The minimum absolute atomic E-state index is 0.219. The maximum absolute atomic E-state index is 14.3. The van der Waals surface area contributed by atoms with E-state index in [1.807, 2.05) is 24.3 Å². The number of rotatable bonds is 2. The second-order valence-electron chi connectivity index (χ2n) is 5.98. The zero-order chi connectivity index (χ0) is 16.7. The first-order valence-electron chi connectivity index (χ1n) is 7.89. The first-order valence-corrected chi connectivity index (χ1v) is 8.30. The van der Waals surface area contributed by atoms with Gasteiger partial charge in [0.15, 0.2) is 5.11 Å². The summed E-state index contributed by atoms with van der Waals surface area (Å²) in [6.45, 7) is 0. The number of hydrogen-bond acceptors (Lipinski definition) is 2. The van der Waals surface area contributed by atoms with E-state index in [2.05, 4.69) is 16.7 Å². The highest BCUT2D eigenvalue weighted by atomic mass is 32.1.